The van der Waals surface area contributed by atoms with Gasteiger partial charge in [0.25, 0.3) is 0 Å². The number of carbonyl (C=O) groups is 1. The summed E-state index contributed by atoms with van der Waals surface area (Å²) in [5.41, 5.74) is 13.3. The summed E-state index contributed by atoms with van der Waals surface area (Å²) in [5.74, 6) is 0.534. The number of para-hydroxylation sites is 1. The lowest BCUT2D eigenvalue weighted by Crippen LogP contribution is -2.25. The summed E-state index contributed by atoms with van der Waals surface area (Å²) in [7, 11) is 1.81. The number of hydrogen-bond donors (Lipinski definition) is 4. The van der Waals surface area contributed by atoms with E-state index < -0.39 is 5.97 Å². The fraction of sp³-hybridized carbons (Fsp3) is 0.294. The quantitative estimate of drug-likeness (QED) is 0.142. The molecule has 0 amide bonds. The molecule has 0 saturated heterocycles. The van der Waals surface area contributed by atoms with Crippen LogP contribution in [0.1, 0.15) is 24.5 Å². The number of rotatable bonds is 11. The predicted molar refractivity (Wildman–Crippen MR) is 167 cm³/mol. The minimum absolute atomic E-state index is 0.00896. The Morgan fingerprint density at radius 3 is 2.67 bits per heavy atom. The van der Waals surface area contributed by atoms with Crippen molar-refractivity contribution in [1.82, 2.24) is 10.2 Å². The average Bonchev–Trinajstić information content (AvgIpc) is 3.82. The highest BCUT2D eigenvalue weighted by atomic mass is 16.5. The lowest BCUT2D eigenvalue weighted by Gasteiger charge is -2.20. The number of anilines is 1. The molecule has 1 fully saturated rings. The molecule has 0 spiro atoms. The Kier molecular flexibility index (Phi) is 9.24. The molecular weight excluding hydrogens is 526 g/mol. The first-order valence-electron chi connectivity index (χ1n) is 14.4. The molecule has 3 aromatic rings. The Labute approximate surface area is 247 Å². The number of nitrogens with two attached hydrogens (primary N) is 1. The normalized spacial score (nSPS) is 19.0. The van der Waals surface area contributed by atoms with Gasteiger partial charge in [-0.2, -0.15) is 0 Å². The molecule has 1 heterocycles. The number of fused-ring (bicyclic) bond motifs is 1. The van der Waals surface area contributed by atoms with E-state index in [1.807, 2.05) is 31.3 Å². The van der Waals surface area contributed by atoms with E-state index in [1.165, 1.54) is 11.1 Å². The zero-order valence-electron chi connectivity index (χ0n) is 24.2. The summed E-state index contributed by atoms with van der Waals surface area (Å²) in [5, 5.41) is 14.5. The Balaban J connectivity index is 1.37. The van der Waals surface area contributed by atoms with Gasteiger partial charge in [0.05, 0.1) is 12.2 Å². The highest BCUT2D eigenvalue weighted by Gasteiger charge is 2.44. The molecular formula is C34H39N5O3. The lowest BCUT2D eigenvalue weighted by molar-refractivity contribution is -0.137. The van der Waals surface area contributed by atoms with Crippen LogP contribution in [0.15, 0.2) is 96.0 Å². The number of carbonyl (C=O) groups excluding carboxylic acids is 1. The Morgan fingerprint density at radius 2 is 1.88 bits per heavy atom. The van der Waals surface area contributed by atoms with Gasteiger partial charge in [-0.25, -0.2) is 4.79 Å². The van der Waals surface area contributed by atoms with Gasteiger partial charge in [-0.1, -0.05) is 48.5 Å². The van der Waals surface area contributed by atoms with Crippen molar-refractivity contribution in [3.05, 3.63) is 107 Å². The van der Waals surface area contributed by atoms with Crippen molar-refractivity contribution < 1.29 is 14.3 Å². The van der Waals surface area contributed by atoms with Crippen LogP contribution in [0.5, 0.6) is 5.75 Å². The maximum absolute atomic E-state index is 12.8. The van der Waals surface area contributed by atoms with Gasteiger partial charge in [-0.3, -0.25) is 4.90 Å². The summed E-state index contributed by atoms with van der Waals surface area (Å²) in [6, 6.07) is 25.0. The summed E-state index contributed by atoms with van der Waals surface area (Å²) >= 11 is 0. The second-order valence-electron chi connectivity index (χ2n) is 10.6. The second-order valence-corrected chi connectivity index (χ2v) is 10.6. The molecule has 0 aromatic heterocycles. The van der Waals surface area contributed by atoms with Gasteiger partial charge in [0, 0.05) is 73.6 Å². The SMILES string of the molecule is CCOC(=O)/C(C=N)=C(/Nc1cccc(-c2cccc(CN3CCOc4ccccc4C3)c2)c1)[C@@H]1CC1/C(N)=C/NC. The maximum atomic E-state index is 12.8. The highest BCUT2D eigenvalue weighted by molar-refractivity contribution is 6.10. The Bertz CT molecular complexity index is 1500. The topological polar surface area (TPSA) is 113 Å². The number of hydrogen-bond acceptors (Lipinski definition) is 8. The van der Waals surface area contributed by atoms with Crippen LogP contribution in [0.2, 0.25) is 0 Å². The molecule has 0 radical (unpaired) electrons. The number of esters is 1. The lowest BCUT2D eigenvalue weighted by atomic mass is 10.0. The zero-order valence-corrected chi connectivity index (χ0v) is 24.2. The smallest absolute Gasteiger partial charge is 0.341 e. The van der Waals surface area contributed by atoms with Crippen LogP contribution in [0.4, 0.5) is 5.69 Å². The monoisotopic (exact) mass is 565 g/mol. The van der Waals surface area contributed by atoms with Crippen molar-refractivity contribution in [2.45, 2.75) is 26.4 Å². The van der Waals surface area contributed by atoms with Crippen molar-refractivity contribution in [3.8, 4) is 16.9 Å². The van der Waals surface area contributed by atoms with Crippen molar-refractivity contribution in [2.75, 3.05) is 32.1 Å². The number of allylic oxidation sites excluding steroid dienone is 2. The van der Waals surface area contributed by atoms with Gasteiger partial charge in [0.2, 0.25) is 0 Å². The Morgan fingerprint density at radius 1 is 1.10 bits per heavy atom. The molecule has 2 atom stereocenters. The predicted octanol–water partition coefficient (Wildman–Crippen LogP) is 5.28. The fourth-order valence-corrected chi connectivity index (χ4v) is 5.53. The van der Waals surface area contributed by atoms with E-state index in [-0.39, 0.29) is 24.0 Å². The van der Waals surface area contributed by atoms with Crippen molar-refractivity contribution in [2.24, 2.45) is 17.6 Å². The van der Waals surface area contributed by atoms with Crippen molar-refractivity contribution >= 4 is 17.9 Å². The number of nitrogens with zero attached hydrogens (tertiary/aromatic N) is 1. The van der Waals surface area contributed by atoms with Gasteiger partial charge in [0.15, 0.2) is 0 Å². The molecule has 1 aliphatic carbocycles. The number of nitrogens with one attached hydrogen (secondary N) is 3. The molecule has 1 aliphatic heterocycles. The van der Waals surface area contributed by atoms with E-state index in [1.54, 1.807) is 13.1 Å². The van der Waals surface area contributed by atoms with Crippen molar-refractivity contribution in [1.29, 1.82) is 5.41 Å². The van der Waals surface area contributed by atoms with E-state index in [9.17, 15) is 4.79 Å². The van der Waals surface area contributed by atoms with Gasteiger partial charge in [-0.05, 0) is 54.3 Å². The van der Waals surface area contributed by atoms with Gasteiger partial charge in [-0.15, -0.1) is 0 Å². The van der Waals surface area contributed by atoms with Crippen LogP contribution in [0.25, 0.3) is 11.1 Å². The molecule has 3 aromatic carbocycles. The van der Waals surface area contributed by atoms with E-state index in [4.69, 9.17) is 20.6 Å². The molecule has 218 valence electrons. The molecule has 1 unspecified atom stereocenters. The van der Waals surface area contributed by atoms with E-state index >= 15 is 0 Å². The van der Waals surface area contributed by atoms with E-state index in [0.29, 0.717) is 12.3 Å². The van der Waals surface area contributed by atoms with Crippen LogP contribution < -0.4 is 21.1 Å². The standard InChI is InChI=1S/C34H39N5O3/c1-3-41-34(40)30(19-35)33(29-18-28(29)31(36)20-37-2)38-27-12-7-11-25(17-27)24-10-6-8-23(16-24)21-39-14-15-42-32-13-5-4-9-26(32)22-39/h4-13,16-17,19-20,28-29,35,37-38H,3,14-15,18,21-22,36H2,1-2H3/b31-20-,33-30+,35-19?/t28?,29-/m1/s1. The van der Waals surface area contributed by atoms with E-state index in [0.717, 1.165) is 60.5 Å². The third-order valence-corrected chi connectivity index (χ3v) is 7.67. The minimum atomic E-state index is -0.512. The third kappa shape index (κ3) is 6.83. The highest BCUT2D eigenvalue weighted by Crippen LogP contribution is 2.48. The minimum Gasteiger partial charge on any atom is -0.492 e. The van der Waals surface area contributed by atoms with Gasteiger partial charge >= 0.3 is 5.97 Å². The van der Waals surface area contributed by atoms with Crippen LogP contribution in [0, 0.1) is 17.2 Å². The summed E-state index contributed by atoms with van der Waals surface area (Å²) in [6.45, 7) is 5.20. The molecule has 2 aliphatic rings. The fourth-order valence-electron chi connectivity index (χ4n) is 5.53. The summed E-state index contributed by atoms with van der Waals surface area (Å²) < 4.78 is 11.2. The first-order chi connectivity index (χ1) is 20.5. The molecule has 5 N–H and O–H groups in total. The largest absolute Gasteiger partial charge is 0.492 e. The van der Waals surface area contributed by atoms with E-state index in [2.05, 4.69) is 64.1 Å². The summed E-state index contributed by atoms with van der Waals surface area (Å²) in [6.07, 6.45) is 3.64. The molecule has 42 heavy (non-hydrogen) atoms. The molecule has 8 nitrogen and oxygen atoms in total. The van der Waals surface area contributed by atoms with Crippen LogP contribution in [-0.2, 0) is 22.6 Å². The molecule has 1 saturated carbocycles. The van der Waals surface area contributed by atoms with Gasteiger partial charge in [0.1, 0.15) is 12.4 Å². The Hall–Kier alpha value is -4.56. The molecule has 0 bridgehead atoms. The molecule has 5 rings (SSSR count). The number of benzene rings is 3. The zero-order chi connectivity index (χ0) is 29.5. The van der Waals surface area contributed by atoms with Crippen molar-refractivity contribution in [3.63, 3.8) is 0 Å². The summed E-state index contributed by atoms with van der Waals surface area (Å²) in [4.78, 5) is 15.2. The van der Waals surface area contributed by atoms with Crippen LogP contribution in [0.3, 0.4) is 0 Å². The van der Waals surface area contributed by atoms with Crippen LogP contribution >= 0.6 is 0 Å². The average molecular weight is 566 g/mol. The van der Waals surface area contributed by atoms with Crippen LogP contribution in [-0.4, -0.2) is 43.9 Å². The third-order valence-electron chi connectivity index (χ3n) is 7.67. The van der Waals surface area contributed by atoms with Gasteiger partial charge < -0.3 is 31.3 Å². The second kappa shape index (κ2) is 13.4. The maximum Gasteiger partial charge on any atom is 0.341 e. The molecule has 8 heteroatoms. The first kappa shape index (κ1) is 29.0. The number of ether oxygens (including phenoxy) is 2. The first-order valence-corrected chi connectivity index (χ1v) is 14.4.